The van der Waals surface area contributed by atoms with Gasteiger partial charge in [0.25, 0.3) is 0 Å². The van der Waals surface area contributed by atoms with E-state index < -0.39 is 18.1 Å². The lowest BCUT2D eigenvalue weighted by Gasteiger charge is -2.00. The number of halogens is 3. The first kappa shape index (κ1) is 18.9. The minimum atomic E-state index is -5.08. The SMILES string of the molecule is CC(=O)c1cn(CC(=O)O)c2nc(N)ccc12.O=C(O)C(F)(F)F. The highest BCUT2D eigenvalue weighted by Gasteiger charge is 2.38. The van der Waals surface area contributed by atoms with Gasteiger partial charge in [-0.15, -0.1) is 0 Å². The van der Waals surface area contributed by atoms with Crippen molar-refractivity contribution >= 4 is 34.6 Å². The third kappa shape index (κ3) is 4.69. The number of nitrogens with zero attached hydrogens (tertiary/aromatic N) is 2. The number of carboxylic acid groups (broad SMARTS) is 2. The van der Waals surface area contributed by atoms with Crippen LogP contribution < -0.4 is 5.73 Å². The molecule has 0 radical (unpaired) electrons. The molecule has 0 saturated carbocycles. The van der Waals surface area contributed by atoms with E-state index in [-0.39, 0.29) is 18.1 Å². The van der Waals surface area contributed by atoms with Crippen LogP contribution in [0.25, 0.3) is 11.0 Å². The second-order valence-electron chi connectivity index (χ2n) is 4.53. The number of hydrogen-bond acceptors (Lipinski definition) is 5. The quantitative estimate of drug-likeness (QED) is 0.717. The molecule has 4 N–H and O–H groups in total. The number of rotatable bonds is 3. The first-order valence-electron chi connectivity index (χ1n) is 6.21. The van der Waals surface area contributed by atoms with Gasteiger partial charge in [0.05, 0.1) is 0 Å². The standard InChI is InChI=1S/C11H11N3O3.C2HF3O2/c1-6(15)8-4-14(5-10(16)17)11-7(8)2-3-9(12)13-11;3-2(4,5)1(6)7/h2-4H,5H2,1H3,(H2,12,13)(H,16,17);(H,6,7). The topological polar surface area (TPSA) is 136 Å². The zero-order valence-corrected chi connectivity index (χ0v) is 12.2. The lowest BCUT2D eigenvalue weighted by atomic mass is 10.1. The van der Waals surface area contributed by atoms with Gasteiger partial charge in [-0.25, -0.2) is 9.78 Å². The fourth-order valence-electron chi connectivity index (χ4n) is 1.73. The van der Waals surface area contributed by atoms with E-state index in [1.807, 2.05) is 0 Å². The van der Waals surface area contributed by atoms with Crippen molar-refractivity contribution in [2.45, 2.75) is 19.6 Å². The fraction of sp³-hybridized carbons (Fsp3) is 0.231. The second-order valence-corrected chi connectivity index (χ2v) is 4.53. The highest BCUT2D eigenvalue weighted by molar-refractivity contribution is 6.06. The van der Waals surface area contributed by atoms with Crippen LogP contribution in [0.15, 0.2) is 18.3 Å². The van der Waals surface area contributed by atoms with Gasteiger partial charge in [-0.05, 0) is 19.1 Å². The maximum Gasteiger partial charge on any atom is 0.490 e. The second kappa shape index (κ2) is 6.98. The fourth-order valence-corrected chi connectivity index (χ4v) is 1.73. The average Bonchev–Trinajstić information content (AvgIpc) is 2.76. The Hall–Kier alpha value is -3.11. The molecule has 0 bridgehead atoms. The van der Waals surface area contributed by atoms with E-state index in [0.29, 0.717) is 16.6 Å². The number of ketones is 1. The molecule has 24 heavy (non-hydrogen) atoms. The Morgan fingerprint density at radius 3 is 2.21 bits per heavy atom. The van der Waals surface area contributed by atoms with Gasteiger partial charge >= 0.3 is 18.1 Å². The Morgan fingerprint density at radius 1 is 1.25 bits per heavy atom. The average molecular weight is 347 g/mol. The summed E-state index contributed by atoms with van der Waals surface area (Å²) in [6, 6.07) is 3.26. The van der Waals surface area contributed by atoms with Crippen LogP contribution >= 0.6 is 0 Å². The summed E-state index contributed by atoms with van der Waals surface area (Å²) in [6.45, 7) is 1.18. The third-order valence-electron chi connectivity index (χ3n) is 2.67. The molecular formula is C13H12F3N3O5. The number of pyridine rings is 1. The summed E-state index contributed by atoms with van der Waals surface area (Å²) in [6.07, 6.45) is -3.59. The van der Waals surface area contributed by atoms with Gasteiger partial charge in [0.2, 0.25) is 0 Å². The molecule has 0 aromatic carbocycles. The van der Waals surface area contributed by atoms with Crippen molar-refractivity contribution in [1.82, 2.24) is 9.55 Å². The van der Waals surface area contributed by atoms with Gasteiger partial charge < -0.3 is 20.5 Å². The van der Waals surface area contributed by atoms with Gasteiger partial charge in [0.15, 0.2) is 5.78 Å². The van der Waals surface area contributed by atoms with Gasteiger partial charge in [0, 0.05) is 17.1 Å². The Balaban J connectivity index is 0.000000351. The van der Waals surface area contributed by atoms with Crippen LogP contribution in [0, 0.1) is 0 Å². The van der Waals surface area contributed by atoms with Crippen molar-refractivity contribution in [3.8, 4) is 0 Å². The predicted octanol–water partition coefficient (Wildman–Crippen LogP) is 1.54. The van der Waals surface area contributed by atoms with Gasteiger partial charge in [-0.2, -0.15) is 13.2 Å². The number of aliphatic carboxylic acids is 2. The van der Waals surface area contributed by atoms with Crippen LogP contribution in [0.3, 0.4) is 0 Å². The van der Waals surface area contributed by atoms with E-state index in [9.17, 15) is 22.8 Å². The summed E-state index contributed by atoms with van der Waals surface area (Å²) in [7, 11) is 0. The zero-order valence-electron chi connectivity index (χ0n) is 12.2. The molecule has 0 atom stereocenters. The summed E-state index contributed by atoms with van der Waals surface area (Å²) in [5.74, 6) is -3.60. The number of nitrogen functional groups attached to an aromatic ring is 1. The maximum absolute atomic E-state index is 11.4. The molecule has 0 fully saturated rings. The van der Waals surface area contributed by atoms with E-state index in [4.69, 9.17) is 20.7 Å². The zero-order chi connectivity index (χ0) is 18.7. The first-order chi connectivity index (χ1) is 10.9. The Morgan fingerprint density at radius 2 is 1.79 bits per heavy atom. The molecular weight excluding hydrogens is 335 g/mol. The largest absolute Gasteiger partial charge is 0.490 e. The smallest absolute Gasteiger partial charge is 0.480 e. The molecule has 0 spiro atoms. The van der Waals surface area contributed by atoms with Gasteiger partial charge in [-0.1, -0.05) is 0 Å². The number of anilines is 1. The minimum Gasteiger partial charge on any atom is -0.480 e. The number of hydrogen-bond donors (Lipinski definition) is 3. The highest BCUT2D eigenvalue weighted by Crippen LogP contribution is 2.21. The summed E-state index contributed by atoms with van der Waals surface area (Å²) >= 11 is 0. The molecule has 130 valence electrons. The van der Waals surface area contributed by atoms with Crippen molar-refractivity contribution in [3.63, 3.8) is 0 Å². The summed E-state index contributed by atoms with van der Waals surface area (Å²) < 4.78 is 33.1. The third-order valence-corrected chi connectivity index (χ3v) is 2.67. The molecule has 0 saturated heterocycles. The number of fused-ring (bicyclic) bond motifs is 1. The van der Waals surface area contributed by atoms with E-state index in [0.717, 1.165) is 0 Å². The van der Waals surface area contributed by atoms with Crippen LogP contribution in [0.4, 0.5) is 19.0 Å². The monoisotopic (exact) mass is 347 g/mol. The molecule has 2 aromatic rings. The van der Waals surface area contributed by atoms with Crippen LogP contribution in [-0.2, 0) is 16.1 Å². The number of aromatic nitrogens is 2. The summed E-state index contributed by atoms with van der Waals surface area (Å²) in [4.78, 5) is 35.1. The maximum atomic E-state index is 11.4. The predicted molar refractivity (Wildman–Crippen MR) is 75.5 cm³/mol. The number of alkyl halides is 3. The van der Waals surface area contributed by atoms with Crippen molar-refractivity contribution < 1.29 is 37.8 Å². The molecule has 0 aliphatic heterocycles. The lowest BCUT2D eigenvalue weighted by molar-refractivity contribution is -0.192. The normalized spacial score (nSPS) is 10.8. The number of nitrogens with two attached hydrogens (primary N) is 1. The first-order valence-corrected chi connectivity index (χ1v) is 6.21. The van der Waals surface area contributed by atoms with Gasteiger partial charge in [-0.3, -0.25) is 9.59 Å². The molecule has 0 aliphatic rings. The van der Waals surface area contributed by atoms with Crippen molar-refractivity contribution in [2.24, 2.45) is 0 Å². The van der Waals surface area contributed by atoms with Gasteiger partial charge in [0.1, 0.15) is 18.0 Å². The Bertz CT molecular complexity index is 798. The van der Waals surface area contributed by atoms with E-state index >= 15 is 0 Å². The molecule has 11 heteroatoms. The van der Waals surface area contributed by atoms with E-state index in [1.165, 1.54) is 17.7 Å². The van der Waals surface area contributed by atoms with Crippen LogP contribution in [0.1, 0.15) is 17.3 Å². The van der Waals surface area contributed by atoms with E-state index in [2.05, 4.69) is 4.98 Å². The molecule has 8 nitrogen and oxygen atoms in total. The number of Topliss-reactive ketones (excluding diaryl/α,β-unsaturated/α-hetero) is 1. The molecule has 0 amide bonds. The minimum absolute atomic E-state index is 0.134. The summed E-state index contributed by atoms with van der Waals surface area (Å²) in [5, 5.41) is 16.5. The molecule has 0 aliphatic carbocycles. The van der Waals surface area contributed by atoms with E-state index in [1.54, 1.807) is 12.1 Å². The Labute approximate surface area is 132 Å². The number of carbonyl (C=O) groups is 3. The van der Waals surface area contributed by atoms with Crippen molar-refractivity contribution in [2.75, 3.05) is 5.73 Å². The molecule has 0 unspecified atom stereocenters. The van der Waals surface area contributed by atoms with Crippen LogP contribution in [0.2, 0.25) is 0 Å². The van der Waals surface area contributed by atoms with Crippen LogP contribution in [-0.4, -0.2) is 43.7 Å². The van der Waals surface area contributed by atoms with Crippen molar-refractivity contribution in [1.29, 1.82) is 0 Å². The van der Waals surface area contributed by atoms with Crippen LogP contribution in [0.5, 0.6) is 0 Å². The molecule has 2 aromatic heterocycles. The number of carbonyl (C=O) groups excluding carboxylic acids is 1. The molecule has 2 rings (SSSR count). The highest BCUT2D eigenvalue weighted by atomic mass is 19.4. The lowest BCUT2D eigenvalue weighted by Crippen LogP contribution is -2.21. The summed E-state index contributed by atoms with van der Waals surface area (Å²) in [5.41, 5.74) is 6.42. The molecule has 2 heterocycles. The number of carboxylic acids is 2. The Kier molecular flexibility index (Phi) is 5.51. The van der Waals surface area contributed by atoms with Crippen molar-refractivity contribution in [3.05, 3.63) is 23.9 Å².